The zero-order valence-corrected chi connectivity index (χ0v) is 15.2. The Kier molecular flexibility index (Phi) is 4.40. The van der Waals surface area contributed by atoms with Gasteiger partial charge in [0.15, 0.2) is 0 Å². The van der Waals surface area contributed by atoms with Crippen LogP contribution in [0.2, 0.25) is 0 Å². The fourth-order valence-electron chi connectivity index (χ4n) is 3.13. The molecule has 0 saturated carbocycles. The van der Waals surface area contributed by atoms with Gasteiger partial charge in [-0.05, 0) is 25.1 Å². The number of nitrogens with zero attached hydrogens (tertiary/aromatic N) is 3. The molecule has 0 spiro atoms. The number of carbonyl (C=O) groups is 1. The third-order valence-corrected chi connectivity index (χ3v) is 4.48. The topological polar surface area (TPSA) is 123 Å². The number of aryl methyl sites for hydroxylation is 1. The van der Waals surface area contributed by atoms with Gasteiger partial charge in [-0.3, -0.25) is 19.7 Å². The van der Waals surface area contributed by atoms with E-state index in [1.807, 2.05) is 30.3 Å². The van der Waals surface area contributed by atoms with Crippen molar-refractivity contribution in [2.45, 2.75) is 6.92 Å². The second kappa shape index (κ2) is 7.04. The maximum Gasteiger partial charge on any atom is 0.292 e. The van der Waals surface area contributed by atoms with E-state index in [9.17, 15) is 19.7 Å². The fraction of sp³-hybridized carbons (Fsp3) is 0.0500. The van der Waals surface area contributed by atoms with Crippen LogP contribution < -0.4 is 10.7 Å². The van der Waals surface area contributed by atoms with Crippen molar-refractivity contribution < 1.29 is 9.72 Å². The van der Waals surface area contributed by atoms with Gasteiger partial charge in [-0.15, -0.1) is 0 Å². The van der Waals surface area contributed by atoms with Crippen molar-refractivity contribution in [3.63, 3.8) is 0 Å². The summed E-state index contributed by atoms with van der Waals surface area (Å²) in [6, 6.07) is 15.0. The summed E-state index contributed by atoms with van der Waals surface area (Å²) in [6.07, 6.45) is 1.29. The lowest BCUT2D eigenvalue weighted by Gasteiger charge is -2.06. The minimum atomic E-state index is -0.741. The van der Waals surface area contributed by atoms with Gasteiger partial charge < -0.3 is 10.3 Å². The van der Waals surface area contributed by atoms with Gasteiger partial charge in [0.1, 0.15) is 16.9 Å². The van der Waals surface area contributed by atoms with Gasteiger partial charge in [0, 0.05) is 12.3 Å². The van der Waals surface area contributed by atoms with Crippen molar-refractivity contribution in [1.29, 1.82) is 0 Å². The van der Waals surface area contributed by atoms with Crippen molar-refractivity contribution in [3.8, 4) is 5.69 Å². The van der Waals surface area contributed by atoms with E-state index >= 15 is 0 Å². The van der Waals surface area contributed by atoms with Crippen LogP contribution in [-0.2, 0) is 0 Å². The first-order valence-corrected chi connectivity index (χ1v) is 8.68. The van der Waals surface area contributed by atoms with Crippen LogP contribution in [0.3, 0.4) is 0 Å². The highest BCUT2D eigenvalue weighted by molar-refractivity contribution is 6.06. The number of rotatable bonds is 4. The van der Waals surface area contributed by atoms with Crippen molar-refractivity contribution in [3.05, 3.63) is 92.4 Å². The molecule has 0 fully saturated rings. The Labute approximate surface area is 163 Å². The number of amides is 1. The first-order chi connectivity index (χ1) is 14.0. The number of pyridine rings is 1. The van der Waals surface area contributed by atoms with Crippen LogP contribution in [-0.4, -0.2) is 25.6 Å². The summed E-state index contributed by atoms with van der Waals surface area (Å²) in [5, 5.41) is 18.3. The second-order valence-electron chi connectivity index (χ2n) is 6.32. The number of fused-ring (bicyclic) bond motifs is 1. The summed E-state index contributed by atoms with van der Waals surface area (Å²) in [6.45, 7) is 1.68. The first-order valence-electron chi connectivity index (χ1n) is 8.68. The lowest BCUT2D eigenvalue weighted by atomic mass is 10.1. The number of aromatic nitrogens is 3. The summed E-state index contributed by atoms with van der Waals surface area (Å²) in [4.78, 5) is 39.1. The van der Waals surface area contributed by atoms with E-state index in [-0.39, 0.29) is 22.3 Å². The molecule has 0 aliphatic heterocycles. The van der Waals surface area contributed by atoms with E-state index < -0.39 is 16.3 Å². The Morgan fingerprint density at radius 1 is 1.14 bits per heavy atom. The molecule has 4 rings (SSSR count). The summed E-state index contributed by atoms with van der Waals surface area (Å²) in [5.41, 5.74) is 0.774. The molecular weight excluding hydrogens is 374 g/mol. The minimum Gasteiger partial charge on any atom is -0.345 e. The first kappa shape index (κ1) is 18.1. The van der Waals surface area contributed by atoms with Crippen LogP contribution in [0.4, 0.5) is 11.4 Å². The molecule has 9 nitrogen and oxygen atoms in total. The van der Waals surface area contributed by atoms with E-state index in [0.717, 1.165) is 5.69 Å². The molecule has 0 aliphatic carbocycles. The van der Waals surface area contributed by atoms with Gasteiger partial charge in [0.2, 0.25) is 5.43 Å². The van der Waals surface area contributed by atoms with Crippen LogP contribution in [0, 0.1) is 17.0 Å². The Morgan fingerprint density at radius 2 is 1.83 bits per heavy atom. The molecule has 0 saturated heterocycles. The molecule has 2 heterocycles. The van der Waals surface area contributed by atoms with E-state index in [4.69, 9.17) is 0 Å². The largest absolute Gasteiger partial charge is 0.345 e. The lowest BCUT2D eigenvalue weighted by molar-refractivity contribution is -0.383. The summed E-state index contributed by atoms with van der Waals surface area (Å²) in [7, 11) is 0. The molecule has 9 heteroatoms. The molecule has 144 valence electrons. The van der Waals surface area contributed by atoms with Gasteiger partial charge in [0.05, 0.1) is 21.7 Å². The van der Waals surface area contributed by atoms with Crippen LogP contribution >= 0.6 is 0 Å². The molecule has 29 heavy (non-hydrogen) atoms. The number of nitrogens with one attached hydrogen (secondary N) is 2. The van der Waals surface area contributed by atoms with Gasteiger partial charge in [0.25, 0.3) is 11.6 Å². The monoisotopic (exact) mass is 389 g/mol. The number of hydrogen-bond acceptors (Lipinski definition) is 5. The zero-order chi connectivity index (χ0) is 20.5. The number of nitro benzene ring substituents is 1. The number of carbonyl (C=O) groups excluding carboxylic acids is 1. The predicted molar refractivity (Wildman–Crippen MR) is 107 cm³/mol. The molecule has 4 aromatic rings. The number of hydrogen-bond donors (Lipinski definition) is 2. The smallest absolute Gasteiger partial charge is 0.292 e. The molecule has 2 N–H and O–H groups in total. The molecule has 0 radical (unpaired) electrons. The normalized spacial score (nSPS) is 10.8. The van der Waals surface area contributed by atoms with Crippen LogP contribution in [0.15, 0.2) is 65.6 Å². The number of anilines is 1. The number of para-hydroxylation sites is 3. The third kappa shape index (κ3) is 3.14. The van der Waals surface area contributed by atoms with E-state index in [2.05, 4.69) is 15.4 Å². The van der Waals surface area contributed by atoms with Crippen LogP contribution in [0.5, 0.6) is 0 Å². The van der Waals surface area contributed by atoms with Crippen molar-refractivity contribution in [2.24, 2.45) is 0 Å². The molecule has 1 amide bonds. The number of aromatic amines is 1. The summed E-state index contributed by atoms with van der Waals surface area (Å²) < 4.78 is 1.59. The van der Waals surface area contributed by atoms with E-state index in [1.165, 1.54) is 24.4 Å². The average molecular weight is 389 g/mol. The van der Waals surface area contributed by atoms with Gasteiger partial charge in [-0.2, -0.15) is 5.10 Å². The lowest BCUT2D eigenvalue weighted by Crippen LogP contribution is -2.22. The average Bonchev–Trinajstić information content (AvgIpc) is 3.06. The zero-order valence-electron chi connectivity index (χ0n) is 15.2. The Bertz CT molecular complexity index is 1310. The second-order valence-corrected chi connectivity index (χ2v) is 6.32. The molecule has 2 aromatic heterocycles. The maximum atomic E-state index is 13.0. The Balaban J connectivity index is 1.78. The Morgan fingerprint density at radius 3 is 2.55 bits per heavy atom. The summed E-state index contributed by atoms with van der Waals surface area (Å²) >= 11 is 0. The maximum absolute atomic E-state index is 13.0. The predicted octanol–water partition coefficient (Wildman–Crippen LogP) is 3.18. The molecule has 0 unspecified atom stereocenters. The number of H-pyrrole nitrogens is 1. The van der Waals surface area contributed by atoms with E-state index in [0.29, 0.717) is 11.3 Å². The van der Waals surface area contributed by atoms with Crippen LogP contribution in [0.1, 0.15) is 16.1 Å². The molecule has 0 aliphatic rings. The van der Waals surface area contributed by atoms with Gasteiger partial charge in [-0.1, -0.05) is 30.3 Å². The number of nitro groups is 1. The molecule has 2 aromatic carbocycles. The molecule has 0 atom stereocenters. The van der Waals surface area contributed by atoms with Gasteiger partial charge in [-0.25, -0.2) is 4.68 Å². The van der Waals surface area contributed by atoms with Crippen molar-refractivity contribution in [1.82, 2.24) is 14.8 Å². The van der Waals surface area contributed by atoms with Gasteiger partial charge >= 0.3 is 0 Å². The highest BCUT2D eigenvalue weighted by Gasteiger charge is 2.21. The highest BCUT2D eigenvalue weighted by Crippen LogP contribution is 2.24. The molecular formula is C20H15N5O4. The molecule has 0 bridgehead atoms. The van der Waals surface area contributed by atoms with Crippen molar-refractivity contribution >= 4 is 28.3 Å². The fourth-order valence-corrected chi connectivity index (χ4v) is 3.13. The van der Waals surface area contributed by atoms with Crippen LogP contribution in [0.25, 0.3) is 16.7 Å². The SMILES string of the molecule is Cc1nn(-c2ccccc2)c2[nH]cc(C(=O)Nc3ccccc3[N+](=O)[O-])c(=O)c12. The minimum absolute atomic E-state index is 0.0127. The van der Waals surface area contributed by atoms with Crippen molar-refractivity contribution in [2.75, 3.05) is 5.32 Å². The quantitative estimate of drug-likeness (QED) is 0.410. The third-order valence-electron chi connectivity index (χ3n) is 4.48. The highest BCUT2D eigenvalue weighted by atomic mass is 16.6. The summed E-state index contributed by atoms with van der Waals surface area (Å²) in [5.74, 6) is -0.741. The number of benzene rings is 2. The van der Waals surface area contributed by atoms with E-state index in [1.54, 1.807) is 17.7 Å². The standard InChI is InChI=1S/C20H15N5O4/c1-12-17-18(26)14(20(27)22-15-9-5-6-10-16(15)25(28)29)11-21-19(17)24(23-12)13-7-3-2-4-8-13/h2-11H,1H3,(H,21,26)(H,22,27). The Hall–Kier alpha value is -4.27.